The van der Waals surface area contributed by atoms with E-state index in [-0.39, 0.29) is 48.8 Å². The molecule has 2 aromatic heterocycles. The first-order valence-corrected chi connectivity index (χ1v) is 9.95. The Morgan fingerprint density at radius 2 is 1.87 bits per heavy atom. The van der Waals surface area contributed by atoms with E-state index < -0.39 is 0 Å². The first kappa shape index (κ1) is 24.1. The maximum atomic E-state index is 13.6. The Labute approximate surface area is 189 Å². The van der Waals surface area contributed by atoms with E-state index in [0.29, 0.717) is 12.1 Å². The van der Waals surface area contributed by atoms with E-state index in [1.165, 1.54) is 0 Å². The Bertz CT molecular complexity index is 1010. The van der Waals surface area contributed by atoms with E-state index >= 15 is 0 Å². The molecular weight excluding hydrogens is 421 g/mol. The van der Waals surface area contributed by atoms with Crippen LogP contribution >= 0.6 is 24.8 Å². The van der Waals surface area contributed by atoms with Gasteiger partial charge in [-0.2, -0.15) is 5.10 Å². The van der Waals surface area contributed by atoms with Crippen molar-refractivity contribution < 1.29 is 4.79 Å². The number of amides is 1. The molecule has 1 aromatic carbocycles. The molecule has 8 heteroatoms. The first-order valence-electron chi connectivity index (χ1n) is 9.95. The smallest absolute Gasteiger partial charge is 0.255 e. The third-order valence-corrected chi connectivity index (χ3v) is 5.65. The molecule has 1 N–H and O–H groups in total. The maximum Gasteiger partial charge on any atom is 0.255 e. The molecule has 1 saturated heterocycles. The summed E-state index contributed by atoms with van der Waals surface area (Å²) in [7, 11) is 0. The zero-order valence-corrected chi connectivity index (χ0v) is 19.3. The number of aromatic nitrogens is 3. The first-order chi connectivity index (χ1) is 13.5. The number of rotatable bonds is 3. The summed E-state index contributed by atoms with van der Waals surface area (Å²) in [6, 6.07) is 12.5. The van der Waals surface area contributed by atoms with E-state index in [1.54, 1.807) is 6.20 Å². The summed E-state index contributed by atoms with van der Waals surface area (Å²) in [5.41, 5.74) is 3.23. The minimum atomic E-state index is 0. The molecule has 1 fully saturated rings. The molecule has 1 aliphatic rings. The lowest BCUT2D eigenvalue weighted by atomic mass is 10.0. The number of fused-ring (bicyclic) bond motifs is 1. The molecule has 4 rings (SSSR count). The van der Waals surface area contributed by atoms with Gasteiger partial charge in [0.2, 0.25) is 0 Å². The van der Waals surface area contributed by atoms with Crippen LogP contribution < -0.4 is 5.32 Å². The molecule has 2 unspecified atom stereocenters. The van der Waals surface area contributed by atoms with Crippen LogP contribution in [-0.4, -0.2) is 50.7 Å². The third-order valence-electron chi connectivity index (χ3n) is 5.65. The van der Waals surface area contributed by atoms with Crippen LogP contribution in [0, 0.1) is 0 Å². The summed E-state index contributed by atoms with van der Waals surface area (Å²) in [4.78, 5) is 20.4. The molecule has 6 nitrogen and oxygen atoms in total. The number of pyridine rings is 1. The van der Waals surface area contributed by atoms with Gasteiger partial charge in [-0.3, -0.25) is 4.79 Å². The van der Waals surface area contributed by atoms with Crippen LogP contribution in [0.5, 0.6) is 0 Å². The van der Waals surface area contributed by atoms with Crippen LogP contribution in [0.3, 0.4) is 0 Å². The fourth-order valence-corrected chi connectivity index (χ4v) is 3.83. The molecular formula is C22H29Cl2N5O. The Morgan fingerprint density at radius 1 is 1.17 bits per heavy atom. The number of carbonyl (C=O) groups excluding carboxylic acids is 1. The van der Waals surface area contributed by atoms with Gasteiger partial charge in [0.1, 0.15) is 0 Å². The molecule has 0 radical (unpaired) electrons. The van der Waals surface area contributed by atoms with Crippen molar-refractivity contribution in [2.75, 3.05) is 13.1 Å². The minimum Gasteiger partial charge on any atom is -0.333 e. The topological polar surface area (TPSA) is 63.1 Å². The van der Waals surface area contributed by atoms with Gasteiger partial charge in [-0.05, 0) is 33.8 Å². The van der Waals surface area contributed by atoms with Crippen molar-refractivity contribution in [3.63, 3.8) is 0 Å². The average molecular weight is 450 g/mol. The van der Waals surface area contributed by atoms with Gasteiger partial charge in [0.15, 0.2) is 5.65 Å². The monoisotopic (exact) mass is 449 g/mol. The highest BCUT2D eigenvalue weighted by Crippen LogP contribution is 2.28. The standard InChI is InChI=1S/C22H27N5O.2ClH/c1-14(2)27-21-19(13-24-27)18(12-20(25-21)17-8-6-5-7-9-17)22(28)26-11-10-23-15(3)16(26)4;;/h5-9,12-16,23H,10-11H2,1-4H3;2*1H. The molecule has 1 aliphatic heterocycles. The Hall–Kier alpha value is -2.15. The summed E-state index contributed by atoms with van der Waals surface area (Å²) < 4.78 is 1.89. The van der Waals surface area contributed by atoms with Crippen LogP contribution in [0.2, 0.25) is 0 Å². The van der Waals surface area contributed by atoms with Gasteiger partial charge in [-0.25, -0.2) is 9.67 Å². The molecule has 30 heavy (non-hydrogen) atoms. The number of piperazine rings is 1. The van der Waals surface area contributed by atoms with Crippen LogP contribution in [0.25, 0.3) is 22.3 Å². The van der Waals surface area contributed by atoms with Crippen molar-refractivity contribution in [3.05, 3.63) is 48.2 Å². The predicted octanol–water partition coefficient (Wildman–Crippen LogP) is 4.35. The number of nitrogens with one attached hydrogen (secondary N) is 1. The summed E-state index contributed by atoms with van der Waals surface area (Å²) in [5.74, 6) is 0.0498. The summed E-state index contributed by atoms with van der Waals surface area (Å²) >= 11 is 0. The predicted molar refractivity (Wildman–Crippen MR) is 126 cm³/mol. The quantitative estimate of drug-likeness (QED) is 0.645. The van der Waals surface area contributed by atoms with Crippen LogP contribution in [0.1, 0.15) is 44.1 Å². The lowest BCUT2D eigenvalue weighted by Gasteiger charge is -2.38. The van der Waals surface area contributed by atoms with Crippen molar-refractivity contribution >= 4 is 41.8 Å². The van der Waals surface area contributed by atoms with Crippen molar-refractivity contribution in [3.8, 4) is 11.3 Å². The zero-order valence-electron chi connectivity index (χ0n) is 17.7. The molecule has 162 valence electrons. The molecule has 3 aromatic rings. The fraction of sp³-hybridized carbons (Fsp3) is 0.409. The largest absolute Gasteiger partial charge is 0.333 e. The second-order valence-electron chi connectivity index (χ2n) is 7.82. The van der Waals surface area contributed by atoms with E-state index in [4.69, 9.17) is 4.98 Å². The average Bonchev–Trinajstić information content (AvgIpc) is 3.14. The Balaban J connectivity index is 0.00000160. The summed E-state index contributed by atoms with van der Waals surface area (Å²) in [6.07, 6.45) is 1.78. The van der Waals surface area contributed by atoms with Crippen molar-refractivity contribution in [2.45, 2.75) is 45.8 Å². The lowest BCUT2D eigenvalue weighted by molar-refractivity contribution is 0.0605. The van der Waals surface area contributed by atoms with Gasteiger partial charge in [0.05, 0.1) is 22.8 Å². The van der Waals surface area contributed by atoms with Crippen molar-refractivity contribution in [1.29, 1.82) is 0 Å². The minimum absolute atomic E-state index is 0. The number of hydrogen-bond donors (Lipinski definition) is 1. The van der Waals surface area contributed by atoms with Crippen LogP contribution in [-0.2, 0) is 0 Å². The molecule has 1 amide bonds. The lowest BCUT2D eigenvalue weighted by Crippen LogP contribution is -2.57. The molecule has 0 spiro atoms. The summed E-state index contributed by atoms with van der Waals surface area (Å²) in [5, 5.41) is 8.78. The highest BCUT2D eigenvalue weighted by Gasteiger charge is 2.30. The van der Waals surface area contributed by atoms with Gasteiger partial charge in [-0.1, -0.05) is 30.3 Å². The Morgan fingerprint density at radius 3 is 2.53 bits per heavy atom. The molecule has 2 atom stereocenters. The van der Waals surface area contributed by atoms with Gasteiger partial charge in [0.25, 0.3) is 5.91 Å². The Kier molecular flexibility index (Phi) is 7.86. The van der Waals surface area contributed by atoms with E-state index in [2.05, 4.69) is 38.1 Å². The normalized spacial score (nSPS) is 18.8. The molecule has 3 heterocycles. The number of carbonyl (C=O) groups is 1. The van der Waals surface area contributed by atoms with Gasteiger partial charge in [0, 0.05) is 36.8 Å². The van der Waals surface area contributed by atoms with Crippen molar-refractivity contribution in [2.24, 2.45) is 0 Å². The highest BCUT2D eigenvalue weighted by atomic mass is 35.5. The fourth-order valence-electron chi connectivity index (χ4n) is 3.83. The van der Waals surface area contributed by atoms with E-state index in [9.17, 15) is 4.79 Å². The number of nitrogens with zero attached hydrogens (tertiary/aromatic N) is 4. The zero-order chi connectivity index (χ0) is 19.8. The van der Waals surface area contributed by atoms with Gasteiger partial charge >= 0.3 is 0 Å². The maximum absolute atomic E-state index is 13.6. The second-order valence-corrected chi connectivity index (χ2v) is 7.82. The number of benzene rings is 1. The SMILES string of the molecule is CC1NCCN(C(=O)c2cc(-c3ccccc3)nc3c2cnn3C(C)C)C1C.Cl.Cl. The second kappa shape index (κ2) is 9.77. The van der Waals surface area contributed by atoms with Gasteiger partial charge < -0.3 is 10.2 Å². The van der Waals surface area contributed by atoms with E-state index in [1.807, 2.05) is 46.0 Å². The number of hydrogen-bond acceptors (Lipinski definition) is 4. The highest BCUT2D eigenvalue weighted by molar-refractivity contribution is 6.06. The molecule has 0 saturated carbocycles. The van der Waals surface area contributed by atoms with Crippen molar-refractivity contribution in [1.82, 2.24) is 25.0 Å². The summed E-state index contributed by atoms with van der Waals surface area (Å²) in [6.45, 7) is 9.88. The van der Waals surface area contributed by atoms with Crippen LogP contribution in [0.15, 0.2) is 42.6 Å². The third kappa shape index (κ3) is 4.31. The molecule has 0 aliphatic carbocycles. The number of halogens is 2. The van der Waals surface area contributed by atoms with Gasteiger partial charge in [-0.15, -0.1) is 24.8 Å². The molecule has 0 bridgehead atoms. The van der Waals surface area contributed by atoms with E-state index in [0.717, 1.165) is 28.8 Å². The van der Waals surface area contributed by atoms with Crippen LogP contribution in [0.4, 0.5) is 0 Å².